The second-order valence-corrected chi connectivity index (χ2v) is 6.48. The lowest BCUT2D eigenvalue weighted by atomic mass is 10.0. The molecular weight excluding hydrogens is 246 g/mol. The van der Waals surface area contributed by atoms with Gasteiger partial charge >= 0.3 is 0 Å². The van der Waals surface area contributed by atoms with Crippen LogP contribution in [0, 0.1) is 0 Å². The van der Waals surface area contributed by atoms with Gasteiger partial charge in [0.15, 0.2) is 0 Å². The van der Waals surface area contributed by atoms with Crippen LogP contribution in [0.1, 0.15) is 97.3 Å². The molecule has 1 fully saturated rings. The van der Waals surface area contributed by atoms with E-state index in [2.05, 4.69) is 11.8 Å². The Morgan fingerprint density at radius 3 is 2.05 bits per heavy atom. The minimum absolute atomic E-state index is 0.277. The van der Waals surface area contributed by atoms with Gasteiger partial charge < -0.3 is 4.90 Å². The Morgan fingerprint density at radius 1 is 0.950 bits per heavy atom. The van der Waals surface area contributed by atoms with Crippen LogP contribution in [0.5, 0.6) is 0 Å². The van der Waals surface area contributed by atoms with Crippen molar-refractivity contribution in [1.82, 2.24) is 4.90 Å². The van der Waals surface area contributed by atoms with Crippen LogP contribution in [0.25, 0.3) is 0 Å². The third-order valence-electron chi connectivity index (χ3n) is 4.67. The maximum Gasteiger partial charge on any atom is 0.219 e. The fourth-order valence-electron chi connectivity index (χ4n) is 3.42. The van der Waals surface area contributed by atoms with Crippen molar-refractivity contribution in [1.29, 1.82) is 0 Å². The van der Waals surface area contributed by atoms with Gasteiger partial charge in [-0.1, -0.05) is 71.1 Å². The lowest BCUT2D eigenvalue weighted by Gasteiger charge is -2.23. The molecule has 2 heteroatoms. The highest BCUT2D eigenvalue weighted by Gasteiger charge is 2.25. The quantitative estimate of drug-likeness (QED) is 0.470. The smallest absolute Gasteiger partial charge is 0.219 e. The molecule has 0 aromatic rings. The van der Waals surface area contributed by atoms with E-state index in [0.29, 0.717) is 6.04 Å². The molecular formula is C18H35NO. The largest absolute Gasteiger partial charge is 0.340 e. The van der Waals surface area contributed by atoms with E-state index in [-0.39, 0.29) is 5.91 Å². The minimum Gasteiger partial charge on any atom is -0.340 e. The van der Waals surface area contributed by atoms with Crippen LogP contribution in [0.2, 0.25) is 0 Å². The summed E-state index contributed by atoms with van der Waals surface area (Å²) in [6.07, 6.45) is 17.6. The summed E-state index contributed by atoms with van der Waals surface area (Å²) in [6, 6.07) is 0.557. The molecule has 20 heavy (non-hydrogen) atoms. The number of carbonyl (C=O) groups excluding carboxylic acids is 1. The fourth-order valence-corrected chi connectivity index (χ4v) is 3.42. The molecule has 1 aliphatic heterocycles. The minimum atomic E-state index is 0.277. The van der Waals surface area contributed by atoms with E-state index in [9.17, 15) is 4.79 Å². The van der Waals surface area contributed by atoms with Crippen molar-refractivity contribution in [3.05, 3.63) is 0 Å². The number of amides is 1. The number of hydrogen-bond acceptors (Lipinski definition) is 1. The van der Waals surface area contributed by atoms with E-state index < -0.39 is 0 Å². The third-order valence-corrected chi connectivity index (χ3v) is 4.67. The average molecular weight is 281 g/mol. The van der Waals surface area contributed by atoms with E-state index in [1.54, 1.807) is 6.92 Å². The first-order chi connectivity index (χ1) is 9.75. The van der Waals surface area contributed by atoms with Crippen LogP contribution in [0.4, 0.5) is 0 Å². The first-order valence-electron chi connectivity index (χ1n) is 9.03. The maximum atomic E-state index is 11.5. The SMILES string of the molecule is CCCCCCCCCCCCC1CCCN1C(C)=O. The van der Waals surface area contributed by atoms with Crippen LogP contribution in [0.3, 0.4) is 0 Å². The fraction of sp³-hybridized carbons (Fsp3) is 0.944. The maximum absolute atomic E-state index is 11.5. The van der Waals surface area contributed by atoms with Gasteiger partial charge in [-0.15, -0.1) is 0 Å². The normalized spacial score (nSPS) is 18.7. The summed E-state index contributed by atoms with van der Waals surface area (Å²) in [5, 5.41) is 0. The van der Waals surface area contributed by atoms with E-state index in [4.69, 9.17) is 0 Å². The number of nitrogens with zero attached hydrogens (tertiary/aromatic N) is 1. The van der Waals surface area contributed by atoms with Gasteiger partial charge in [-0.3, -0.25) is 4.79 Å². The van der Waals surface area contributed by atoms with E-state index in [1.807, 2.05) is 0 Å². The molecule has 2 nitrogen and oxygen atoms in total. The molecule has 1 unspecified atom stereocenters. The lowest BCUT2D eigenvalue weighted by molar-refractivity contribution is -0.129. The zero-order chi connectivity index (χ0) is 14.6. The summed E-state index contributed by atoms with van der Waals surface area (Å²) in [5.41, 5.74) is 0. The van der Waals surface area contributed by atoms with Crippen LogP contribution in [0.15, 0.2) is 0 Å². The third kappa shape index (κ3) is 7.31. The monoisotopic (exact) mass is 281 g/mol. The summed E-state index contributed by atoms with van der Waals surface area (Å²) in [6.45, 7) is 4.99. The van der Waals surface area contributed by atoms with Gasteiger partial charge in [0.2, 0.25) is 5.91 Å². The van der Waals surface area contributed by atoms with Crippen molar-refractivity contribution in [3.8, 4) is 0 Å². The summed E-state index contributed by atoms with van der Waals surface area (Å²) < 4.78 is 0. The molecule has 0 N–H and O–H groups in total. The van der Waals surface area contributed by atoms with Gasteiger partial charge in [-0.25, -0.2) is 0 Å². The average Bonchev–Trinajstić information content (AvgIpc) is 2.89. The van der Waals surface area contributed by atoms with Crippen molar-refractivity contribution < 1.29 is 4.79 Å². The van der Waals surface area contributed by atoms with Crippen LogP contribution < -0.4 is 0 Å². The lowest BCUT2D eigenvalue weighted by Crippen LogP contribution is -2.33. The zero-order valence-electron chi connectivity index (χ0n) is 13.8. The van der Waals surface area contributed by atoms with Gasteiger partial charge in [0, 0.05) is 19.5 Å². The Kier molecular flexibility index (Phi) is 9.78. The van der Waals surface area contributed by atoms with Crippen LogP contribution in [-0.4, -0.2) is 23.4 Å². The highest BCUT2D eigenvalue weighted by molar-refractivity contribution is 5.73. The van der Waals surface area contributed by atoms with Crippen molar-refractivity contribution in [2.45, 2.75) is 103 Å². The molecule has 0 aliphatic carbocycles. The van der Waals surface area contributed by atoms with Crippen LogP contribution in [-0.2, 0) is 4.79 Å². The van der Waals surface area contributed by atoms with Gasteiger partial charge in [0.25, 0.3) is 0 Å². The second kappa shape index (κ2) is 11.2. The number of carbonyl (C=O) groups is 1. The Labute approximate surface area is 126 Å². The number of rotatable bonds is 11. The molecule has 0 bridgehead atoms. The molecule has 0 saturated carbocycles. The Bertz CT molecular complexity index is 252. The Balaban J connectivity index is 1.88. The molecule has 1 atom stereocenters. The summed E-state index contributed by atoms with van der Waals surface area (Å²) in [5.74, 6) is 0.277. The summed E-state index contributed by atoms with van der Waals surface area (Å²) in [4.78, 5) is 13.6. The van der Waals surface area contributed by atoms with E-state index in [1.165, 1.54) is 83.5 Å². The first kappa shape index (κ1) is 17.5. The van der Waals surface area contributed by atoms with E-state index >= 15 is 0 Å². The van der Waals surface area contributed by atoms with Crippen molar-refractivity contribution in [2.75, 3.05) is 6.54 Å². The van der Waals surface area contributed by atoms with E-state index in [0.717, 1.165) is 6.54 Å². The number of unbranched alkanes of at least 4 members (excludes halogenated alkanes) is 9. The van der Waals surface area contributed by atoms with Crippen molar-refractivity contribution in [3.63, 3.8) is 0 Å². The topological polar surface area (TPSA) is 20.3 Å². The Hall–Kier alpha value is -0.530. The zero-order valence-corrected chi connectivity index (χ0v) is 13.8. The molecule has 1 rings (SSSR count). The molecule has 1 aliphatic rings. The highest BCUT2D eigenvalue weighted by Crippen LogP contribution is 2.22. The summed E-state index contributed by atoms with van der Waals surface area (Å²) in [7, 11) is 0. The molecule has 1 amide bonds. The first-order valence-corrected chi connectivity index (χ1v) is 9.03. The molecule has 1 heterocycles. The highest BCUT2D eigenvalue weighted by atomic mass is 16.2. The predicted octanol–water partition coefficient (Wildman–Crippen LogP) is 5.31. The standard InChI is InChI=1S/C18H35NO/c1-3-4-5-6-7-8-9-10-11-12-14-18-15-13-16-19(18)17(2)20/h18H,3-16H2,1-2H3. The van der Waals surface area contributed by atoms with Crippen molar-refractivity contribution >= 4 is 5.91 Å². The van der Waals surface area contributed by atoms with Gasteiger partial charge in [0.1, 0.15) is 0 Å². The number of hydrogen-bond donors (Lipinski definition) is 0. The van der Waals surface area contributed by atoms with Gasteiger partial charge in [-0.05, 0) is 19.3 Å². The molecule has 0 radical (unpaired) electrons. The second-order valence-electron chi connectivity index (χ2n) is 6.48. The predicted molar refractivity (Wildman–Crippen MR) is 86.9 cm³/mol. The molecule has 0 aromatic heterocycles. The van der Waals surface area contributed by atoms with Crippen LogP contribution >= 0.6 is 0 Å². The van der Waals surface area contributed by atoms with Gasteiger partial charge in [0.05, 0.1) is 0 Å². The summed E-state index contributed by atoms with van der Waals surface area (Å²) >= 11 is 0. The van der Waals surface area contributed by atoms with Crippen molar-refractivity contribution in [2.24, 2.45) is 0 Å². The molecule has 0 spiro atoms. The van der Waals surface area contributed by atoms with Gasteiger partial charge in [-0.2, -0.15) is 0 Å². The molecule has 118 valence electrons. The number of likely N-dealkylation sites (tertiary alicyclic amines) is 1. The molecule has 0 aromatic carbocycles. The Morgan fingerprint density at radius 2 is 1.50 bits per heavy atom. The molecule has 1 saturated heterocycles.